The standard InChI is InChI=1S/C21H29N3O2S/c1-21(2,3)17-7-4-16(5-8-17)6-9-19(25)23-20-22-18(15-27-20)14-24-10-12-26-13-11-24/h4-5,7-8,15H,6,9-14H2,1-3H3,(H,22,23,25). The molecule has 0 spiro atoms. The average Bonchev–Trinajstić information content (AvgIpc) is 3.07. The summed E-state index contributed by atoms with van der Waals surface area (Å²) >= 11 is 1.49. The van der Waals surface area contributed by atoms with Crippen molar-refractivity contribution in [3.8, 4) is 0 Å². The summed E-state index contributed by atoms with van der Waals surface area (Å²) < 4.78 is 5.37. The fourth-order valence-corrected chi connectivity index (χ4v) is 3.75. The first-order chi connectivity index (χ1) is 12.9. The van der Waals surface area contributed by atoms with Crippen molar-refractivity contribution in [2.24, 2.45) is 0 Å². The van der Waals surface area contributed by atoms with E-state index in [1.165, 1.54) is 22.5 Å². The zero-order valence-corrected chi connectivity index (χ0v) is 17.3. The Morgan fingerprint density at radius 2 is 1.93 bits per heavy atom. The number of rotatable bonds is 6. The van der Waals surface area contributed by atoms with E-state index in [0.717, 1.165) is 45.0 Å². The number of aryl methyl sites for hydroxylation is 1. The van der Waals surface area contributed by atoms with Crippen LogP contribution in [-0.2, 0) is 27.9 Å². The zero-order chi connectivity index (χ0) is 19.3. The molecule has 0 radical (unpaired) electrons. The number of nitrogens with zero attached hydrogens (tertiary/aromatic N) is 2. The van der Waals surface area contributed by atoms with Crippen molar-refractivity contribution in [3.63, 3.8) is 0 Å². The van der Waals surface area contributed by atoms with Crippen LogP contribution in [0.5, 0.6) is 0 Å². The van der Waals surface area contributed by atoms with Gasteiger partial charge in [0.05, 0.1) is 18.9 Å². The largest absolute Gasteiger partial charge is 0.379 e. The van der Waals surface area contributed by atoms with Crippen LogP contribution >= 0.6 is 11.3 Å². The predicted octanol–water partition coefficient (Wildman–Crippen LogP) is 3.84. The highest BCUT2D eigenvalue weighted by molar-refractivity contribution is 7.13. The molecule has 1 aliphatic heterocycles. The quantitative estimate of drug-likeness (QED) is 0.818. The van der Waals surface area contributed by atoms with E-state index in [1.54, 1.807) is 0 Å². The van der Waals surface area contributed by atoms with Crippen LogP contribution in [0, 0.1) is 0 Å². The van der Waals surface area contributed by atoms with E-state index in [0.29, 0.717) is 11.6 Å². The smallest absolute Gasteiger partial charge is 0.226 e. The van der Waals surface area contributed by atoms with Crippen LogP contribution in [0.2, 0.25) is 0 Å². The van der Waals surface area contributed by atoms with E-state index in [4.69, 9.17) is 4.74 Å². The van der Waals surface area contributed by atoms with Crippen molar-refractivity contribution in [1.82, 2.24) is 9.88 Å². The molecule has 1 N–H and O–H groups in total. The van der Waals surface area contributed by atoms with Crippen LogP contribution in [0.3, 0.4) is 0 Å². The SMILES string of the molecule is CC(C)(C)c1ccc(CCC(=O)Nc2nc(CN3CCOCC3)cs2)cc1. The van der Waals surface area contributed by atoms with Crippen LogP contribution in [-0.4, -0.2) is 42.1 Å². The molecule has 1 fully saturated rings. The molecule has 1 aromatic heterocycles. The summed E-state index contributed by atoms with van der Waals surface area (Å²) in [5.41, 5.74) is 3.66. The summed E-state index contributed by atoms with van der Waals surface area (Å²) in [4.78, 5) is 19.1. The molecule has 1 amide bonds. The van der Waals surface area contributed by atoms with Gasteiger partial charge in [-0.05, 0) is 23.0 Å². The Morgan fingerprint density at radius 3 is 2.59 bits per heavy atom. The van der Waals surface area contributed by atoms with Gasteiger partial charge in [0.2, 0.25) is 5.91 Å². The molecular weight excluding hydrogens is 358 g/mol. The number of morpholine rings is 1. The highest BCUT2D eigenvalue weighted by Crippen LogP contribution is 2.22. The molecular formula is C21H29N3O2S. The van der Waals surface area contributed by atoms with Crippen molar-refractivity contribution in [1.29, 1.82) is 0 Å². The molecule has 0 atom stereocenters. The van der Waals surface area contributed by atoms with Crippen LogP contribution in [0.25, 0.3) is 0 Å². The van der Waals surface area contributed by atoms with E-state index in [-0.39, 0.29) is 11.3 Å². The Hall–Kier alpha value is -1.76. The van der Waals surface area contributed by atoms with Crippen molar-refractivity contribution in [3.05, 3.63) is 46.5 Å². The summed E-state index contributed by atoms with van der Waals surface area (Å²) in [5.74, 6) is 0.0159. The number of anilines is 1. The molecule has 1 saturated heterocycles. The fraction of sp³-hybridized carbons (Fsp3) is 0.524. The zero-order valence-electron chi connectivity index (χ0n) is 16.5. The second kappa shape index (κ2) is 8.95. The molecule has 0 bridgehead atoms. The van der Waals surface area contributed by atoms with Gasteiger partial charge in [-0.15, -0.1) is 11.3 Å². The Kier molecular flexibility index (Phi) is 6.63. The minimum atomic E-state index is 0.0159. The van der Waals surface area contributed by atoms with E-state index in [2.05, 4.69) is 60.2 Å². The maximum atomic E-state index is 12.2. The van der Waals surface area contributed by atoms with Crippen molar-refractivity contribution < 1.29 is 9.53 Å². The molecule has 2 heterocycles. The summed E-state index contributed by atoms with van der Waals surface area (Å²) in [7, 11) is 0. The van der Waals surface area contributed by atoms with Gasteiger partial charge in [-0.1, -0.05) is 45.0 Å². The lowest BCUT2D eigenvalue weighted by molar-refractivity contribution is -0.116. The van der Waals surface area contributed by atoms with Gasteiger partial charge in [0, 0.05) is 31.4 Å². The minimum absolute atomic E-state index is 0.0159. The summed E-state index contributed by atoms with van der Waals surface area (Å²) in [6.45, 7) is 10.9. The van der Waals surface area contributed by atoms with Gasteiger partial charge in [0.1, 0.15) is 0 Å². The van der Waals surface area contributed by atoms with Gasteiger partial charge in [0.25, 0.3) is 0 Å². The van der Waals surface area contributed by atoms with Gasteiger partial charge < -0.3 is 10.1 Å². The van der Waals surface area contributed by atoms with Gasteiger partial charge in [0.15, 0.2) is 5.13 Å². The Labute approximate surface area is 165 Å². The molecule has 5 nitrogen and oxygen atoms in total. The number of ether oxygens (including phenoxy) is 1. The third kappa shape index (κ3) is 6.13. The first kappa shape index (κ1) is 20.0. The highest BCUT2D eigenvalue weighted by atomic mass is 32.1. The monoisotopic (exact) mass is 387 g/mol. The number of nitrogens with one attached hydrogen (secondary N) is 1. The maximum absolute atomic E-state index is 12.2. The third-order valence-electron chi connectivity index (χ3n) is 4.75. The van der Waals surface area contributed by atoms with Crippen LogP contribution < -0.4 is 5.32 Å². The highest BCUT2D eigenvalue weighted by Gasteiger charge is 2.14. The summed E-state index contributed by atoms with van der Waals surface area (Å²) in [5, 5.41) is 5.64. The van der Waals surface area contributed by atoms with E-state index >= 15 is 0 Å². The van der Waals surface area contributed by atoms with E-state index in [1.807, 2.05) is 5.38 Å². The lowest BCUT2D eigenvalue weighted by Crippen LogP contribution is -2.35. The van der Waals surface area contributed by atoms with Crippen LogP contribution in [0.1, 0.15) is 44.0 Å². The molecule has 2 aromatic rings. The van der Waals surface area contributed by atoms with Crippen molar-refractivity contribution in [2.75, 3.05) is 31.6 Å². The van der Waals surface area contributed by atoms with Crippen molar-refractivity contribution >= 4 is 22.4 Å². The lowest BCUT2D eigenvalue weighted by atomic mass is 9.86. The van der Waals surface area contributed by atoms with E-state index < -0.39 is 0 Å². The number of carbonyl (C=O) groups is 1. The molecule has 1 aliphatic rings. The van der Waals surface area contributed by atoms with Crippen LogP contribution in [0.15, 0.2) is 29.6 Å². The van der Waals surface area contributed by atoms with Gasteiger partial charge in [-0.25, -0.2) is 4.98 Å². The number of hydrogen-bond acceptors (Lipinski definition) is 5. The number of amides is 1. The molecule has 0 saturated carbocycles. The fourth-order valence-electron chi connectivity index (χ4n) is 3.04. The Morgan fingerprint density at radius 1 is 1.22 bits per heavy atom. The number of benzene rings is 1. The van der Waals surface area contributed by atoms with Crippen LogP contribution in [0.4, 0.5) is 5.13 Å². The maximum Gasteiger partial charge on any atom is 0.226 e. The summed E-state index contributed by atoms with van der Waals surface area (Å²) in [6, 6.07) is 8.56. The molecule has 1 aromatic carbocycles. The second-order valence-electron chi connectivity index (χ2n) is 8.03. The molecule has 27 heavy (non-hydrogen) atoms. The van der Waals surface area contributed by atoms with Crippen molar-refractivity contribution in [2.45, 2.75) is 45.6 Å². The Balaban J connectivity index is 1.45. The molecule has 6 heteroatoms. The normalized spacial score (nSPS) is 15.7. The predicted molar refractivity (Wildman–Crippen MR) is 110 cm³/mol. The van der Waals surface area contributed by atoms with Gasteiger partial charge in [-0.3, -0.25) is 9.69 Å². The van der Waals surface area contributed by atoms with E-state index in [9.17, 15) is 4.79 Å². The molecule has 0 aliphatic carbocycles. The number of hydrogen-bond donors (Lipinski definition) is 1. The first-order valence-electron chi connectivity index (χ1n) is 9.54. The Bertz CT molecular complexity index is 744. The second-order valence-corrected chi connectivity index (χ2v) is 8.89. The van der Waals surface area contributed by atoms with Gasteiger partial charge in [-0.2, -0.15) is 0 Å². The number of carbonyl (C=O) groups excluding carboxylic acids is 1. The average molecular weight is 388 g/mol. The molecule has 0 unspecified atom stereocenters. The number of aromatic nitrogens is 1. The molecule has 146 valence electrons. The third-order valence-corrected chi connectivity index (χ3v) is 5.55. The van der Waals surface area contributed by atoms with Gasteiger partial charge >= 0.3 is 0 Å². The summed E-state index contributed by atoms with van der Waals surface area (Å²) in [6.07, 6.45) is 1.20. The first-order valence-corrected chi connectivity index (χ1v) is 10.4. The lowest BCUT2D eigenvalue weighted by Gasteiger charge is -2.25. The molecule has 3 rings (SSSR count). The minimum Gasteiger partial charge on any atom is -0.379 e. The number of thiazole rings is 1. The topological polar surface area (TPSA) is 54.5 Å².